The lowest BCUT2D eigenvalue weighted by Crippen LogP contribution is -1.95. The van der Waals surface area contributed by atoms with Crippen molar-refractivity contribution in [1.82, 2.24) is 9.97 Å². The van der Waals surface area contributed by atoms with E-state index in [1.807, 2.05) is 0 Å². The summed E-state index contributed by atoms with van der Waals surface area (Å²) >= 11 is 3.27. The molecular weight excluding hydrogens is 261 g/mol. The second-order valence-corrected chi connectivity index (χ2v) is 3.78. The highest BCUT2D eigenvalue weighted by Gasteiger charge is 2.05. The van der Waals surface area contributed by atoms with Crippen LogP contribution in [-0.2, 0) is 0 Å². The maximum Gasteiger partial charge on any atom is 0.220 e. The smallest absolute Gasteiger partial charge is 0.220 e. The topological polar surface area (TPSA) is 51.8 Å². The van der Waals surface area contributed by atoms with Crippen molar-refractivity contribution in [3.63, 3.8) is 0 Å². The van der Waals surface area contributed by atoms with Gasteiger partial charge in [-0.25, -0.2) is 14.4 Å². The minimum atomic E-state index is -0.298. The molecule has 1 heterocycles. The zero-order chi connectivity index (χ0) is 10.8. The van der Waals surface area contributed by atoms with Gasteiger partial charge in [-0.2, -0.15) is 0 Å². The van der Waals surface area contributed by atoms with Gasteiger partial charge in [0.2, 0.25) is 5.95 Å². The lowest BCUT2D eigenvalue weighted by Gasteiger charge is -2.03. The van der Waals surface area contributed by atoms with E-state index in [4.69, 9.17) is 5.73 Å². The number of nitrogen functional groups attached to an aromatic ring is 1. The average Bonchev–Trinajstić information content (AvgIpc) is 2.17. The van der Waals surface area contributed by atoms with Crippen molar-refractivity contribution in [2.24, 2.45) is 0 Å². The fourth-order valence-corrected chi connectivity index (χ4v) is 1.77. The van der Waals surface area contributed by atoms with Crippen LogP contribution in [-0.4, -0.2) is 9.97 Å². The molecule has 0 aliphatic rings. The Balaban J connectivity index is 2.54. The number of nitrogens with two attached hydrogens (primary N) is 1. The molecule has 0 fully saturated rings. The normalized spacial score (nSPS) is 10.3. The third-order valence-corrected chi connectivity index (χ3v) is 2.54. The van der Waals surface area contributed by atoms with Gasteiger partial charge in [-0.1, -0.05) is 0 Å². The van der Waals surface area contributed by atoms with Gasteiger partial charge in [-0.15, -0.1) is 0 Å². The first kappa shape index (κ1) is 10.0. The van der Waals surface area contributed by atoms with Crippen LogP contribution in [0.4, 0.5) is 10.3 Å². The Labute approximate surface area is 94.3 Å². The lowest BCUT2D eigenvalue weighted by molar-refractivity contribution is 0.627. The summed E-state index contributed by atoms with van der Waals surface area (Å²) in [6.45, 7) is 0. The first-order valence-electron chi connectivity index (χ1n) is 4.21. The number of anilines is 1. The van der Waals surface area contributed by atoms with Crippen molar-refractivity contribution in [3.05, 3.63) is 40.8 Å². The number of nitrogens with zero attached hydrogens (tertiary/aromatic N) is 2. The van der Waals surface area contributed by atoms with E-state index < -0.39 is 0 Å². The van der Waals surface area contributed by atoms with Crippen LogP contribution in [0.1, 0.15) is 0 Å². The van der Waals surface area contributed by atoms with Crippen LogP contribution < -0.4 is 5.73 Å². The molecular formula is C10H7BrFN3. The molecule has 5 heteroatoms. The highest BCUT2D eigenvalue weighted by molar-refractivity contribution is 9.10. The molecule has 0 amide bonds. The largest absolute Gasteiger partial charge is 0.368 e. The third-order valence-electron chi connectivity index (χ3n) is 1.88. The summed E-state index contributed by atoms with van der Waals surface area (Å²) in [4.78, 5) is 7.84. The molecule has 0 aliphatic carbocycles. The molecule has 1 aromatic heterocycles. The van der Waals surface area contributed by atoms with E-state index in [0.717, 1.165) is 5.56 Å². The van der Waals surface area contributed by atoms with Crippen molar-refractivity contribution in [2.75, 3.05) is 5.73 Å². The summed E-state index contributed by atoms with van der Waals surface area (Å²) in [5, 5.41) is 0. The Kier molecular flexibility index (Phi) is 2.64. The first-order valence-corrected chi connectivity index (χ1v) is 5.00. The number of hydrogen-bond donors (Lipinski definition) is 1. The number of rotatable bonds is 1. The Morgan fingerprint density at radius 1 is 1.27 bits per heavy atom. The molecule has 0 saturated heterocycles. The van der Waals surface area contributed by atoms with Crippen molar-refractivity contribution in [3.8, 4) is 11.3 Å². The van der Waals surface area contributed by atoms with Crippen LogP contribution >= 0.6 is 15.9 Å². The van der Waals surface area contributed by atoms with E-state index in [-0.39, 0.29) is 11.8 Å². The van der Waals surface area contributed by atoms with Gasteiger partial charge < -0.3 is 5.73 Å². The maximum absolute atomic E-state index is 12.9. The summed E-state index contributed by atoms with van der Waals surface area (Å²) in [7, 11) is 0. The highest BCUT2D eigenvalue weighted by Crippen LogP contribution is 2.27. The Morgan fingerprint density at radius 2 is 2.07 bits per heavy atom. The number of aromatic nitrogens is 2. The fraction of sp³-hybridized carbons (Fsp3) is 0. The molecule has 0 saturated carbocycles. The summed E-state index contributed by atoms with van der Waals surface area (Å²) < 4.78 is 13.5. The minimum absolute atomic E-state index is 0.198. The van der Waals surface area contributed by atoms with Crippen LogP contribution in [0.3, 0.4) is 0 Å². The van der Waals surface area contributed by atoms with E-state index in [1.165, 1.54) is 12.1 Å². The zero-order valence-electron chi connectivity index (χ0n) is 7.61. The summed E-state index contributed by atoms with van der Waals surface area (Å²) in [5.74, 6) is -0.101. The first-order chi connectivity index (χ1) is 7.16. The molecule has 2 N–H and O–H groups in total. The molecule has 2 rings (SSSR count). The van der Waals surface area contributed by atoms with Gasteiger partial charge in [0.05, 0.1) is 5.69 Å². The average molecular weight is 268 g/mol. The Bertz CT molecular complexity index is 502. The molecule has 0 bridgehead atoms. The van der Waals surface area contributed by atoms with Crippen molar-refractivity contribution < 1.29 is 4.39 Å². The second kappa shape index (κ2) is 3.94. The van der Waals surface area contributed by atoms with Crippen LogP contribution in [0.5, 0.6) is 0 Å². The SMILES string of the molecule is Nc1nccc(-c2ccc(F)cc2Br)n1. The van der Waals surface area contributed by atoms with Gasteiger partial charge >= 0.3 is 0 Å². The van der Waals surface area contributed by atoms with Gasteiger partial charge in [-0.05, 0) is 40.2 Å². The second-order valence-electron chi connectivity index (χ2n) is 2.92. The van der Waals surface area contributed by atoms with E-state index in [1.54, 1.807) is 18.3 Å². The number of hydrogen-bond acceptors (Lipinski definition) is 3. The van der Waals surface area contributed by atoms with E-state index in [0.29, 0.717) is 10.2 Å². The maximum atomic E-state index is 12.9. The summed E-state index contributed by atoms with van der Waals surface area (Å²) in [6, 6.07) is 6.11. The predicted octanol–water partition coefficient (Wildman–Crippen LogP) is 2.63. The lowest BCUT2D eigenvalue weighted by atomic mass is 10.1. The standard InChI is InChI=1S/C10H7BrFN3/c11-8-5-6(12)1-2-7(8)9-3-4-14-10(13)15-9/h1-5H,(H2,13,14,15). The van der Waals surface area contributed by atoms with Gasteiger partial charge in [0.25, 0.3) is 0 Å². The molecule has 1 aromatic carbocycles. The molecule has 15 heavy (non-hydrogen) atoms. The fourth-order valence-electron chi connectivity index (χ4n) is 1.22. The van der Waals surface area contributed by atoms with Crippen molar-refractivity contribution >= 4 is 21.9 Å². The molecule has 0 radical (unpaired) electrons. The van der Waals surface area contributed by atoms with E-state index >= 15 is 0 Å². The highest BCUT2D eigenvalue weighted by atomic mass is 79.9. The summed E-state index contributed by atoms with van der Waals surface area (Å²) in [6.07, 6.45) is 1.56. The van der Waals surface area contributed by atoms with E-state index in [9.17, 15) is 4.39 Å². The van der Waals surface area contributed by atoms with Crippen molar-refractivity contribution in [1.29, 1.82) is 0 Å². The molecule has 0 aliphatic heterocycles. The van der Waals surface area contributed by atoms with Crippen LogP contribution in [0, 0.1) is 5.82 Å². The van der Waals surface area contributed by atoms with E-state index in [2.05, 4.69) is 25.9 Å². The molecule has 76 valence electrons. The van der Waals surface area contributed by atoms with Crippen LogP contribution in [0.25, 0.3) is 11.3 Å². The van der Waals surface area contributed by atoms with Crippen LogP contribution in [0.2, 0.25) is 0 Å². The third kappa shape index (κ3) is 2.12. The van der Waals surface area contributed by atoms with Crippen molar-refractivity contribution in [2.45, 2.75) is 0 Å². The number of halogens is 2. The van der Waals surface area contributed by atoms with Gasteiger partial charge in [-0.3, -0.25) is 0 Å². The minimum Gasteiger partial charge on any atom is -0.368 e. The Morgan fingerprint density at radius 3 is 2.73 bits per heavy atom. The molecule has 3 nitrogen and oxygen atoms in total. The van der Waals surface area contributed by atoms with Gasteiger partial charge in [0.15, 0.2) is 0 Å². The molecule has 0 unspecified atom stereocenters. The molecule has 2 aromatic rings. The monoisotopic (exact) mass is 267 g/mol. The Hall–Kier alpha value is -1.49. The van der Waals surface area contributed by atoms with Gasteiger partial charge in [0.1, 0.15) is 5.82 Å². The quantitative estimate of drug-likeness (QED) is 0.864. The molecule has 0 spiro atoms. The van der Waals surface area contributed by atoms with Crippen LogP contribution in [0.15, 0.2) is 34.9 Å². The zero-order valence-corrected chi connectivity index (χ0v) is 9.20. The summed E-state index contributed by atoms with van der Waals surface area (Å²) in [5.41, 5.74) is 6.91. The predicted molar refractivity (Wildman–Crippen MR) is 59.5 cm³/mol. The van der Waals surface area contributed by atoms with Gasteiger partial charge in [0, 0.05) is 16.2 Å². The molecule has 0 atom stereocenters. The number of benzene rings is 1.